The number of amidine groups is 1. The van der Waals surface area contributed by atoms with Crippen LogP contribution in [0.15, 0.2) is 18.2 Å². The molecule has 0 unspecified atom stereocenters. The number of nitrogens with two attached hydrogens (primary N) is 1. The molecule has 0 amide bonds. The van der Waals surface area contributed by atoms with Gasteiger partial charge in [-0.25, -0.2) is 4.98 Å². The average molecular weight is 178 g/mol. The topological polar surface area (TPSA) is 74.8 Å². The van der Waals surface area contributed by atoms with Crippen LogP contribution in [0.1, 0.15) is 19.0 Å². The number of nitrogen functional groups attached to an aromatic ring is 1. The van der Waals surface area contributed by atoms with E-state index < -0.39 is 0 Å². The summed E-state index contributed by atoms with van der Waals surface area (Å²) in [7, 11) is 0. The summed E-state index contributed by atoms with van der Waals surface area (Å²) in [5, 5.41) is 10.3. The van der Waals surface area contributed by atoms with Crippen LogP contribution in [0.5, 0.6) is 0 Å². The molecule has 1 aromatic rings. The molecule has 0 bridgehead atoms. The summed E-state index contributed by atoms with van der Waals surface area (Å²) < 4.78 is 0. The maximum atomic E-state index is 7.20. The molecule has 0 atom stereocenters. The van der Waals surface area contributed by atoms with Crippen molar-refractivity contribution in [3.05, 3.63) is 23.9 Å². The quantitative estimate of drug-likeness (QED) is 0.479. The Balaban J connectivity index is 2.73. The highest BCUT2D eigenvalue weighted by Gasteiger charge is 1.98. The summed E-state index contributed by atoms with van der Waals surface area (Å²) in [6.07, 6.45) is 1.05. The lowest BCUT2D eigenvalue weighted by molar-refractivity contribution is 0.968. The monoisotopic (exact) mass is 178 g/mol. The Hall–Kier alpha value is -1.58. The van der Waals surface area contributed by atoms with Crippen LogP contribution in [0.25, 0.3) is 0 Å². The minimum atomic E-state index is 0.000137. The molecule has 0 fully saturated rings. The second kappa shape index (κ2) is 4.45. The molecule has 4 N–H and O–H groups in total. The second-order valence-corrected chi connectivity index (χ2v) is 2.75. The van der Waals surface area contributed by atoms with Gasteiger partial charge in [0.05, 0.1) is 0 Å². The van der Waals surface area contributed by atoms with Gasteiger partial charge in [-0.2, -0.15) is 0 Å². The van der Waals surface area contributed by atoms with Gasteiger partial charge in [-0.15, -0.1) is 0 Å². The van der Waals surface area contributed by atoms with Crippen molar-refractivity contribution in [3.63, 3.8) is 0 Å². The van der Waals surface area contributed by atoms with Crippen molar-refractivity contribution in [3.8, 4) is 0 Å². The van der Waals surface area contributed by atoms with Crippen LogP contribution in [-0.4, -0.2) is 17.4 Å². The Kier molecular flexibility index (Phi) is 3.25. The number of rotatable bonds is 4. The number of nitrogens with one attached hydrogen (secondary N) is 2. The van der Waals surface area contributed by atoms with Gasteiger partial charge in [-0.3, -0.25) is 5.41 Å². The van der Waals surface area contributed by atoms with E-state index in [9.17, 15) is 0 Å². The zero-order chi connectivity index (χ0) is 9.68. The number of aromatic nitrogens is 1. The summed E-state index contributed by atoms with van der Waals surface area (Å²) in [5.74, 6) is 0.773. The van der Waals surface area contributed by atoms with Gasteiger partial charge < -0.3 is 11.1 Å². The highest BCUT2D eigenvalue weighted by Crippen LogP contribution is 2.03. The predicted octanol–water partition coefficient (Wildman–Crippen LogP) is 1.19. The molecule has 0 saturated heterocycles. The largest absolute Gasteiger partial charge is 0.382 e. The van der Waals surface area contributed by atoms with E-state index in [0.29, 0.717) is 5.69 Å². The standard InChI is InChI=1S/C9H14N4/c1-2-6-12-8-5-3-4-7(13-8)9(10)11/h3-5H,2,6H2,1H3,(H3,10,11)(H,12,13). The van der Waals surface area contributed by atoms with Gasteiger partial charge in [0.15, 0.2) is 0 Å². The zero-order valence-electron chi connectivity index (χ0n) is 7.67. The molecule has 0 aliphatic heterocycles. The lowest BCUT2D eigenvalue weighted by atomic mass is 10.3. The molecule has 0 saturated carbocycles. The Morgan fingerprint density at radius 2 is 2.38 bits per heavy atom. The van der Waals surface area contributed by atoms with Crippen LogP contribution in [0.2, 0.25) is 0 Å². The third-order valence-corrected chi connectivity index (χ3v) is 1.58. The molecule has 13 heavy (non-hydrogen) atoms. The highest BCUT2D eigenvalue weighted by atomic mass is 15.0. The van der Waals surface area contributed by atoms with Gasteiger partial charge >= 0.3 is 0 Å². The summed E-state index contributed by atoms with van der Waals surface area (Å²) in [4.78, 5) is 4.15. The number of pyridine rings is 1. The molecule has 70 valence electrons. The lowest BCUT2D eigenvalue weighted by Gasteiger charge is -2.04. The minimum absolute atomic E-state index is 0.000137. The van der Waals surface area contributed by atoms with Gasteiger partial charge in [-0.1, -0.05) is 13.0 Å². The number of hydrogen-bond acceptors (Lipinski definition) is 3. The average Bonchev–Trinajstić information content (AvgIpc) is 2.15. The summed E-state index contributed by atoms with van der Waals surface area (Å²) in [6, 6.07) is 5.42. The molecular formula is C9H14N4. The molecular weight excluding hydrogens is 164 g/mol. The van der Waals surface area contributed by atoms with Crippen molar-refractivity contribution >= 4 is 11.7 Å². The fourth-order valence-electron chi connectivity index (χ4n) is 0.936. The van der Waals surface area contributed by atoms with Crippen molar-refractivity contribution in [2.24, 2.45) is 5.73 Å². The van der Waals surface area contributed by atoms with E-state index >= 15 is 0 Å². The van der Waals surface area contributed by atoms with E-state index in [-0.39, 0.29) is 5.84 Å². The zero-order valence-corrected chi connectivity index (χ0v) is 7.67. The van der Waals surface area contributed by atoms with Crippen LogP contribution in [-0.2, 0) is 0 Å². The Morgan fingerprint density at radius 1 is 1.62 bits per heavy atom. The lowest BCUT2D eigenvalue weighted by Crippen LogP contribution is -2.14. The molecule has 0 radical (unpaired) electrons. The second-order valence-electron chi connectivity index (χ2n) is 2.75. The summed E-state index contributed by atoms with van der Waals surface area (Å²) >= 11 is 0. The van der Waals surface area contributed by atoms with E-state index in [4.69, 9.17) is 11.1 Å². The molecule has 0 aliphatic rings. The van der Waals surface area contributed by atoms with E-state index in [1.807, 2.05) is 12.1 Å². The smallest absolute Gasteiger partial charge is 0.141 e. The van der Waals surface area contributed by atoms with Gasteiger partial charge in [0, 0.05) is 6.54 Å². The number of nitrogens with zero attached hydrogens (tertiary/aromatic N) is 1. The van der Waals surface area contributed by atoms with Crippen LogP contribution >= 0.6 is 0 Å². The first-order valence-corrected chi connectivity index (χ1v) is 4.29. The minimum Gasteiger partial charge on any atom is -0.382 e. The molecule has 4 nitrogen and oxygen atoms in total. The molecule has 4 heteroatoms. The van der Waals surface area contributed by atoms with E-state index in [1.165, 1.54) is 0 Å². The third kappa shape index (κ3) is 2.74. The van der Waals surface area contributed by atoms with E-state index in [0.717, 1.165) is 18.8 Å². The molecule has 0 aromatic carbocycles. The Morgan fingerprint density at radius 3 is 3.00 bits per heavy atom. The van der Waals surface area contributed by atoms with Gasteiger partial charge in [-0.05, 0) is 18.6 Å². The van der Waals surface area contributed by atoms with E-state index in [2.05, 4.69) is 17.2 Å². The van der Waals surface area contributed by atoms with E-state index in [1.54, 1.807) is 6.07 Å². The fraction of sp³-hybridized carbons (Fsp3) is 0.333. The molecule has 0 aliphatic carbocycles. The summed E-state index contributed by atoms with van der Waals surface area (Å²) in [6.45, 7) is 2.97. The molecule has 1 heterocycles. The first kappa shape index (κ1) is 9.51. The van der Waals surface area contributed by atoms with Crippen LogP contribution < -0.4 is 11.1 Å². The van der Waals surface area contributed by atoms with Gasteiger partial charge in [0.1, 0.15) is 17.3 Å². The van der Waals surface area contributed by atoms with Crippen molar-refractivity contribution < 1.29 is 0 Å². The van der Waals surface area contributed by atoms with Crippen molar-refractivity contribution in [2.45, 2.75) is 13.3 Å². The Labute approximate surface area is 77.7 Å². The van der Waals surface area contributed by atoms with Crippen LogP contribution in [0, 0.1) is 5.41 Å². The first-order chi connectivity index (χ1) is 6.24. The van der Waals surface area contributed by atoms with Crippen molar-refractivity contribution in [1.29, 1.82) is 5.41 Å². The van der Waals surface area contributed by atoms with Gasteiger partial charge in [0.2, 0.25) is 0 Å². The van der Waals surface area contributed by atoms with Crippen molar-refractivity contribution in [1.82, 2.24) is 4.98 Å². The van der Waals surface area contributed by atoms with Crippen LogP contribution in [0.4, 0.5) is 5.82 Å². The normalized spacial score (nSPS) is 9.62. The molecule has 1 aromatic heterocycles. The number of hydrogen-bond donors (Lipinski definition) is 3. The van der Waals surface area contributed by atoms with Crippen molar-refractivity contribution in [2.75, 3.05) is 11.9 Å². The maximum absolute atomic E-state index is 7.20. The summed E-state index contributed by atoms with van der Waals surface area (Å²) in [5.41, 5.74) is 5.82. The maximum Gasteiger partial charge on any atom is 0.141 e. The third-order valence-electron chi connectivity index (χ3n) is 1.58. The predicted molar refractivity (Wildman–Crippen MR) is 54.0 cm³/mol. The molecule has 1 rings (SSSR count). The van der Waals surface area contributed by atoms with Gasteiger partial charge in [0.25, 0.3) is 0 Å². The Bertz CT molecular complexity index is 295. The SMILES string of the molecule is CCCNc1cccc(C(=N)N)n1. The number of anilines is 1. The first-order valence-electron chi connectivity index (χ1n) is 4.29. The molecule has 0 spiro atoms. The highest BCUT2D eigenvalue weighted by molar-refractivity contribution is 5.93. The fourth-order valence-corrected chi connectivity index (χ4v) is 0.936. The van der Waals surface area contributed by atoms with Crippen LogP contribution in [0.3, 0.4) is 0 Å².